The van der Waals surface area contributed by atoms with Crippen molar-refractivity contribution in [1.82, 2.24) is 5.32 Å². The Hall–Kier alpha value is -0.440. The summed E-state index contributed by atoms with van der Waals surface area (Å²) in [6, 6.07) is 3.61. The predicted octanol–water partition coefficient (Wildman–Crippen LogP) is 4.28. The summed E-state index contributed by atoms with van der Waals surface area (Å²) in [5.41, 5.74) is 1.00. The minimum Gasteiger partial charge on any atom is -0.492 e. The molecule has 0 saturated carbocycles. The third-order valence-corrected chi connectivity index (χ3v) is 2.95. The first kappa shape index (κ1) is 14.6. The van der Waals surface area contributed by atoms with Gasteiger partial charge < -0.3 is 10.1 Å². The molecule has 17 heavy (non-hydrogen) atoms. The molecule has 1 aromatic carbocycles. The normalized spacial score (nSPS) is 10.6. The number of halogens is 2. The van der Waals surface area contributed by atoms with Gasteiger partial charge in [0.15, 0.2) is 0 Å². The third kappa shape index (κ3) is 4.74. The van der Waals surface area contributed by atoms with Gasteiger partial charge in [0, 0.05) is 17.1 Å². The van der Waals surface area contributed by atoms with E-state index in [1.807, 2.05) is 13.1 Å². The van der Waals surface area contributed by atoms with E-state index in [1.54, 1.807) is 6.07 Å². The van der Waals surface area contributed by atoms with Gasteiger partial charge in [-0.2, -0.15) is 0 Å². The predicted molar refractivity (Wildman–Crippen MR) is 74.2 cm³/mol. The van der Waals surface area contributed by atoms with E-state index in [0.717, 1.165) is 17.7 Å². The van der Waals surface area contributed by atoms with Crippen molar-refractivity contribution in [2.24, 2.45) is 0 Å². The average molecular weight is 276 g/mol. The molecule has 0 aliphatic heterocycles. The summed E-state index contributed by atoms with van der Waals surface area (Å²) in [5.74, 6) is 0.751. The van der Waals surface area contributed by atoms with E-state index in [2.05, 4.69) is 12.2 Å². The topological polar surface area (TPSA) is 21.3 Å². The first-order valence-corrected chi connectivity index (χ1v) is 6.70. The van der Waals surface area contributed by atoms with Crippen LogP contribution in [0.25, 0.3) is 0 Å². The first-order valence-electron chi connectivity index (χ1n) is 5.94. The van der Waals surface area contributed by atoms with E-state index < -0.39 is 0 Å². The molecule has 1 rings (SSSR count). The van der Waals surface area contributed by atoms with Gasteiger partial charge in [0.25, 0.3) is 0 Å². The lowest BCUT2D eigenvalue weighted by molar-refractivity contribution is 0.303. The zero-order valence-electron chi connectivity index (χ0n) is 10.4. The van der Waals surface area contributed by atoms with Crippen molar-refractivity contribution in [3.63, 3.8) is 0 Å². The zero-order valence-corrected chi connectivity index (χ0v) is 11.9. The minimum absolute atomic E-state index is 0.583. The molecule has 0 radical (unpaired) electrons. The van der Waals surface area contributed by atoms with Crippen LogP contribution in [0.4, 0.5) is 0 Å². The molecule has 0 aliphatic carbocycles. The van der Waals surface area contributed by atoms with Crippen molar-refractivity contribution in [3.05, 3.63) is 27.7 Å². The maximum atomic E-state index is 6.15. The molecule has 4 heteroatoms. The van der Waals surface area contributed by atoms with Crippen molar-refractivity contribution in [2.75, 3.05) is 13.7 Å². The second kappa shape index (κ2) is 7.80. The first-order chi connectivity index (χ1) is 8.19. The maximum absolute atomic E-state index is 6.15. The number of unbranched alkanes of at least 4 members (excludes halogenated alkanes) is 2. The van der Waals surface area contributed by atoms with Crippen LogP contribution in [0.15, 0.2) is 12.1 Å². The summed E-state index contributed by atoms with van der Waals surface area (Å²) < 4.78 is 5.75. The molecule has 0 bridgehead atoms. The second-order valence-corrected chi connectivity index (χ2v) is 4.81. The van der Waals surface area contributed by atoms with Gasteiger partial charge in [-0.25, -0.2) is 0 Å². The zero-order chi connectivity index (χ0) is 12.7. The van der Waals surface area contributed by atoms with Crippen LogP contribution in [-0.4, -0.2) is 13.7 Å². The molecule has 96 valence electrons. The number of hydrogen-bond acceptors (Lipinski definition) is 2. The molecule has 0 aliphatic rings. The molecule has 0 aromatic heterocycles. The number of hydrogen-bond donors (Lipinski definition) is 1. The van der Waals surface area contributed by atoms with Gasteiger partial charge >= 0.3 is 0 Å². The molecule has 0 spiro atoms. The van der Waals surface area contributed by atoms with Crippen molar-refractivity contribution < 1.29 is 4.74 Å². The molecule has 1 aromatic rings. The molecular formula is C13H19Cl2NO. The molecule has 1 N–H and O–H groups in total. The van der Waals surface area contributed by atoms with Crippen LogP contribution in [0.1, 0.15) is 31.7 Å². The Balaban J connectivity index is 2.73. The van der Waals surface area contributed by atoms with Crippen molar-refractivity contribution in [3.8, 4) is 5.75 Å². The molecule has 0 unspecified atom stereocenters. The lowest BCUT2D eigenvalue weighted by atomic mass is 10.2. The highest BCUT2D eigenvalue weighted by molar-refractivity contribution is 6.35. The summed E-state index contributed by atoms with van der Waals surface area (Å²) >= 11 is 12.1. The second-order valence-electron chi connectivity index (χ2n) is 3.96. The average Bonchev–Trinajstić information content (AvgIpc) is 2.27. The Labute approximate surface area is 113 Å². The van der Waals surface area contributed by atoms with Crippen LogP contribution in [0.3, 0.4) is 0 Å². The molecular weight excluding hydrogens is 257 g/mol. The summed E-state index contributed by atoms with van der Waals surface area (Å²) in [5, 5.41) is 4.31. The van der Waals surface area contributed by atoms with Crippen molar-refractivity contribution in [1.29, 1.82) is 0 Å². The smallest absolute Gasteiger partial charge is 0.142 e. The van der Waals surface area contributed by atoms with Gasteiger partial charge in [-0.05, 0) is 25.6 Å². The fraction of sp³-hybridized carbons (Fsp3) is 0.538. The minimum atomic E-state index is 0.583. The molecule has 2 nitrogen and oxygen atoms in total. The van der Waals surface area contributed by atoms with Gasteiger partial charge in [0.2, 0.25) is 0 Å². The Morgan fingerprint density at radius 1 is 1.24 bits per heavy atom. The Kier molecular flexibility index (Phi) is 6.71. The Morgan fingerprint density at radius 3 is 2.65 bits per heavy atom. The van der Waals surface area contributed by atoms with E-state index in [4.69, 9.17) is 27.9 Å². The number of nitrogens with one attached hydrogen (secondary N) is 1. The van der Waals surface area contributed by atoms with Crippen LogP contribution in [-0.2, 0) is 6.54 Å². The van der Waals surface area contributed by atoms with E-state index in [1.165, 1.54) is 12.8 Å². The monoisotopic (exact) mass is 275 g/mol. The van der Waals surface area contributed by atoms with Gasteiger partial charge in [-0.3, -0.25) is 0 Å². The highest BCUT2D eigenvalue weighted by Crippen LogP contribution is 2.32. The highest BCUT2D eigenvalue weighted by Gasteiger charge is 2.10. The quantitative estimate of drug-likeness (QED) is 0.750. The van der Waals surface area contributed by atoms with Crippen molar-refractivity contribution >= 4 is 23.2 Å². The summed E-state index contributed by atoms with van der Waals surface area (Å²) in [6.07, 6.45) is 3.40. The van der Waals surface area contributed by atoms with Crippen LogP contribution >= 0.6 is 23.2 Å². The van der Waals surface area contributed by atoms with Crippen molar-refractivity contribution in [2.45, 2.75) is 32.7 Å². The van der Waals surface area contributed by atoms with Gasteiger partial charge in [-0.1, -0.05) is 43.0 Å². The summed E-state index contributed by atoms with van der Waals surface area (Å²) in [6.45, 7) is 3.57. The fourth-order valence-corrected chi connectivity index (χ4v) is 2.21. The lowest BCUT2D eigenvalue weighted by Crippen LogP contribution is -2.08. The van der Waals surface area contributed by atoms with E-state index in [-0.39, 0.29) is 0 Å². The van der Waals surface area contributed by atoms with E-state index in [0.29, 0.717) is 23.2 Å². The van der Waals surface area contributed by atoms with E-state index in [9.17, 15) is 0 Å². The lowest BCUT2D eigenvalue weighted by Gasteiger charge is -2.13. The molecule has 0 amide bonds. The molecule has 0 atom stereocenters. The fourth-order valence-electron chi connectivity index (χ4n) is 1.62. The number of rotatable bonds is 7. The van der Waals surface area contributed by atoms with Crippen LogP contribution < -0.4 is 10.1 Å². The van der Waals surface area contributed by atoms with Crippen LogP contribution in [0.2, 0.25) is 10.0 Å². The van der Waals surface area contributed by atoms with E-state index >= 15 is 0 Å². The third-order valence-electron chi connectivity index (χ3n) is 2.45. The summed E-state index contributed by atoms with van der Waals surface area (Å²) in [4.78, 5) is 0. The molecule has 0 heterocycles. The number of benzene rings is 1. The Bertz CT molecular complexity index is 356. The maximum Gasteiger partial charge on any atom is 0.142 e. The molecule has 0 fully saturated rings. The SMILES string of the molecule is CCCCCOc1c(Cl)cc(Cl)cc1CNC. The molecule has 0 saturated heterocycles. The summed E-state index contributed by atoms with van der Waals surface area (Å²) in [7, 11) is 1.88. The van der Waals surface area contributed by atoms with Crippen LogP contribution in [0, 0.1) is 0 Å². The highest BCUT2D eigenvalue weighted by atomic mass is 35.5. The Morgan fingerprint density at radius 2 is 2.00 bits per heavy atom. The van der Waals surface area contributed by atoms with Crippen LogP contribution in [0.5, 0.6) is 5.75 Å². The van der Waals surface area contributed by atoms with Gasteiger partial charge in [-0.15, -0.1) is 0 Å². The standard InChI is InChI=1S/C13H19Cl2NO/c1-3-4-5-6-17-13-10(9-16-2)7-11(14)8-12(13)15/h7-8,16H,3-6,9H2,1-2H3. The number of ether oxygens (including phenoxy) is 1. The largest absolute Gasteiger partial charge is 0.492 e. The van der Waals surface area contributed by atoms with Gasteiger partial charge in [0.05, 0.1) is 11.6 Å². The van der Waals surface area contributed by atoms with Gasteiger partial charge in [0.1, 0.15) is 5.75 Å².